The molecule has 2 aliphatic rings. The Bertz CT molecular complexity index is 846. The molecular weight excluding hydrogens is 390 g/mol. The zero-order valence-corrected chi connectivity index (χ0v) is 18.6. The van der Waals surface area contributed by atoms with Gasteiger partial charge < -0.3 is 19.9 Å². The maximum absolute atomic E-state index is 5.59. The zero-order valence-electron chi connectivity index (χ0n) is 18.6. The Morgan fingerprint density at radius 2 is 1.81 bits per heavy atom. The molecule has 1 aromatic carbocycles. The number of benzene rings is 1. The quantitative estimate of drug-likeness (QED) is 0.578. The van der Waals surface area contributed by atoms with Crippen LogP contribution in [0.5, 0.6) is 0 Å². The van der Waals surface area contributed by atoms with Crippen LogP contribution in [0, 0.1) is 6.92 Å². The van der Waals surface area contributed by atoms with Crippen molar-refractivity contribution in [3.05, 3.63) is 53.9 Å². The first-order chi connectivity index (χ1) is 15.2. The number of rotatable bonds is 5. The average Bonchev–Trinajstić information content (AvgIpc) is 2.83. The van der Waals surface area contributed by atoms with Crippen molar-refractivity contribution >= 4 is 11.9 Å². The molecule has 0 saturated carbocycles. The van der Waals surface area contributed by atoms with E-state index in [1.165, 1.54) is 11.1 Å². The fourth-order valence-corrected chi connectivity index (χ4v) is 4.32. The van der Waals surface area contributed by atoms with Crippen molar-refractivity contribution < 1.29 is 4.74 Å². The van der Waals surface area contributed by atoms with Crippen molar-refractivity contribution in [1.82, 2.24) is 25.1 Å². The summed E-state index contributed by atoms with van der Waals surface area (Å²) in [7, 11) is 1.87. The molecule has 1 unspecified atom stereocenters. The minimum Gasteiger partial charge on any atom is -0.379 e. The number of morpholine rings is 1. The van der Waals surface area contributed by atoms with E-state index in [2.05, 4.69) is 66.2 Å². The minimum absolute atomic E-state index is 0.291. The lowest BCUT2D eigenvalue weighted by Gasteiger charge is -2.38. The van der Waals surface area contributed by atoms with Crippen LogP contribution in [0.1, 0.15) is 17.2 Å². The van der Waals surface area contributed by atoms with E-state index in [4.69, 9.17) is 4.74 Å². The van der Waals surface area contributed by atoms with Crippen LogP contribution in [0.15, 0.2) is 47.7 Å². The topological polar surface area (TPSA) is 69.1 Å². The van der Waals surface area contributed by atoms with E-state index in [-0.39, 0.29) is 0 Å². The molecule has 0 spiro atoms. The largest absolute Gasteiger partial charge is 0.379 e. The molecule has 2 aromatic rings. The highest BCUT2D eigenvalue weighted by Gasteiger charge is 2.25. The first-order valence-corrected chi connectivity index (χ1v) is 11.1. The van der Waals surface area contributed by atoms with Crippen LogP contribution in [0.2, 0.25) is 0 Å². The lowest BCUT2D eigenvalue weighted by Crippen LogP contribution is -2.54. The number of piperazine rings is 1. The number of anilines is 1. The van der Waals surface area contributed by atoms with Gasteiger partial charge in [0.1, 0.15) is 0 Å². The number of aryl methyl sites for hydroxylation is 1. The van der Waals surface area contributed by atoms with Crippen LogP contribution in [0.3, 0.4) is 0 Å². The number of nitrogens with one attached hydrogen (secondary N) is 1. The third-order valence-corrected chi connectivity index (χ3v) is 5.99. The van der Waals surface area contributed by atoms with Crippen molar-refractivity contribution in [1.29, 1.82) is 0 Å². The van der Waals surface area contributed by atoms with Gasteiger partial charge in [-0.05, 0) is 18.6 Å². The van der Waals surface area contributed by atoms with Crippen molar-refractivity contribution in [2.24, 2.45) is 4.99 Å². The molecule has 2 fully saturated rings. The van der Waals surface area contributed by atoms with Crippen molar-refractivity contribution in [2.75, 3.05) is 71.0 Å². The lowest BCUT2D eigenvalue weighted by molar-refractivity contribution is 0.0169. The third-order valence-electron chi connectivity index (χ3n) is 5.99. The zero-order chi connectivity index (χ0) is 21.5. The lowest BCUT2D eigenvalue weighted by atomic mass is 10.0. The van der Waals surface area contributed by atoms with Gasteiger partial charge in [-0.3, -0.25) is 9.89 Å². The Labute approximate surface area is 184 Å². The fraction of sp³-hybridized carbons (Fsp3) is 0.522. The van der Waals surface area contributed by atoms with Crippen LogP contribution in [0.4, 0.5) is 5.95 Å². The molecule has 8 nitrogen and oxygen atoms in total. The Kier molecular flexibility index (Phi) is 7.32. The SMILES string of the molecule is CN=C(NCC(c1cccc(C)c1)N1CCOCC1)N1CCN(c2ncccn2)CC1. The number of guanidine groups is 1. The molecule has 2 aliphatic heterocycles. The highest BCUT2D eigenvalue weighted by atomic mass is 16.5. The number of ether oxygens (including phenoxy) is 1. The van der Waals surface area contributed by atoms with Gasteiger partial charge in [-0.25, -0.2) is 9.97 Å². The summed E-state index contributed by atoms with van der Waals surface area (Å²) in [6, 6.07) is 11.0. The van der Waals surface area contributed by atoms with Gasteiger partial charge in [-0.1, -0.05) is 29.8 Å². The summed E-state index contributed by atoms with van der Waals surface area (Å²) >= 11 is 0. The highest BCUT2D eigenvalue weighted by molar-refractivity contribution is 5.80. The van der Waals surface area contributed by atoms with Gasteiger partial charge in [0.2, 0.25) is 5.95 Å². The highest BCUT2D eigenvalue weighted by Crippen LogP contribution is 2.22. The maximum atomic E-state index is 5.59. The summed E-state index contributed by atoms with van der Waals surface area (Å²) in [6.45, 7) is 10.0. The van der Waals surface area contributed by atoms with Crippen LogP contribution in [0.25, 0.3) is 0 Å². The molecular formula is C23H33N7O. The Balaban J connectivity index is 1.39. The van der Waals surface area contributed by atoms with E-state index in [1.54, 1.807) is 12.4 Å². The summed E-state index contributed by atoms with van der Waals surface area (Å²) in [4.78, 5) is 20.4. The van der Waals surface area contributed by atoms with Gasteiger partial charge in [0, 0.05) is 65.3 Å². The second kappa shape index (κ2) is 10.5. The van der Waals surface area contributed by atoms with Gasteiger partial charge in [0.05, 0.1) is 19.3 Å². The van der Waals surface area contributed by atoms with E-state index >= 15 is 0 Å². The number of nitrogens with zero attached hydrogens (tertiary/aromatic N) is 6. The second-order valence-corrected chi connectivity index (χ2v) is 8.03. The van der Waals surface area contributed by atoms with Crippen molar-refractivity contribution in [2.45, 2.75) is 13.0 Å². The van der Waals surface area contributed by atoms with E-state index < -0.39 is 0 Å². The van der Waals surface area contributed by atoms with E-state index in [0.29, 0.717) is 6.04 Å². The minimum atomic E-state index is 0.291. The molecule has 1 N–H and O–H groups in total. The van der Waals surface area contributed by atoms with E-state index in [9.17, 15) is 0 Å². The predicted octanol–water partition coefficient (Wildman–Crippen LogP) is 1.56. The van der Waals surface area contributed by atoms with Crippen LogP contribution in [-0.4, -0.2) is 91.8 Å². The maximum Gasteiger partial charge on any atom is 0.225 e. The molecule has 0 amide bonds. The Morgan fingerprint density at radius 3 is 2.48 bits per heavy atom. The van der Waals surface area contributed by atoms with Crippen LogP contribution in [-0.2, 0) is 4.74 Å². The molecule has 4 rings (SSSR count). The summed E-state index contributed by atoms with van der Waals surface area (Å²) in [5, 5.41) is 3.65. The summed E-state index contributed by atoms with van der Waals surface area (Å²) < 4.78 is 5.59. The number of hydrogen-bond acceptors (Lipinski definition) is 6. The molecule has 0 bridgehead atoms. The molecule has 166 valence electrons. The first kappa shape index (κ1) is 21.5. The van der Waals surface area contributed by atoms with Gasteiger partial charge in [0.15, 0.2) is 5.96 Å². The molecule has 31 heavy (non-hydrogen) atoms. The Morgan fingerprint density at radius 1 is 1.06 bits per heavy atom. The molecule has 0 radical (unpaired) electrons. The molecule has 2 saturated heterocycles. The molecule has 3 heterocycles. The number of hydrogen-bond donors (Lipinski definition) is 1. The van der Waals surface area contributed by atoms with Crippen LogP contribution < -0.4 is 10.2 Å². The molecule has 1 aromatic heterocycles. The standard InChI is InChI=1S/C23H33N7O/c1-19-5-3-6-20(17-19)21(28-13-15-31-16-14-28)18-27-22(24-2)29-9-11-30(12-10-29)23-25-7-4-8-26-23/h3-8,17,21H,9-16,18H2,1-2H3,(H,24,27). The Hall–Kier alpha value is -2.71. The van der Waals surface area contributed by atoms with E-state index in [1.807, 2.05) is 13.1 Å². The predicted molar refractivity (Wildman–Crippen MR) is 123 cm³/mol. The smallest absolute Gasteiger partial charge is 0.225 e. The molecule has 1 atom stereocenters. The van der Waals surface area contributed by atoms with Crippen LogP contribution >= 0.6 is 0 Å². The van der Waals surface area contributed by atoms with Gasteiger partial charge in [-0.2, -0.15) is 0 Å². The average molecular weight is 424 g/mol. The van der Waals surface area contributed by atoms with Gasteiger partial charge in [-0.15, -0.1) is 0 Å². The number of aromatic nitrogens is 2. The van der Waals surface area contributed by atoms with Gasteiger partial charge in [0.25, 0.3) is 0 Å². The summed E-state index contributed by atoms with van der Waals surface area (Å²) in [6.07, 6.45) is 3.60. The van der Waals surface area contributed by atoms with E-state index in [0.717, 1.165) is 70.9 Å². The summed E-state index contributed by atoms with van der Waals surface area (Å²) in [5.41, 5.74) is 2.63. The molecule has 8 heteroatoms. The second-order valence-electron chi connectivity index (χ2n) is 8.03. The normalized spacial score (nSPS) is 19.4. The first-order valence-electron chi connectivity index (χ1n) is 11.1. The third kappa shape index (κ3) is 5.51. The fourth-order valence-electron chi connectivity index (χ4n) is 4.32. The summed E-state index contributed by atoms with van der Waals surface area (Å²) in [5.74, 6) is 1.76. The number of aliphatic imine (C=N–C) groups is 1. The van der Waals surface area contributed by atoms with Crippen molar-refractivity contribution in [3.8, 4) is 0 Å². The van der Waals surface area contributed by atoms with Gasteiger partial charge >= 0.3 is 0 Å². The monoisotopic (exact) mass is 423 g/mol. The van der Waals surface area contributed by atoms with Crippen molar-refractivity contribution in [3.63, 3.8) is 0 Å². The molecule has 0 aliphatic carbocycles.